The molecule has 1 aromatic carbocycles. The largest absolute Gasteiger partial charge is 0.384 e. The number of rotatable bonds is 12. The van der Waals surface area contributed by atoms with Gasteiger partial charge >= 0.3 is 0 Å². The zero-order chi connectivity index (χ0) is 20.9. The summed E-state index contributed by atoms with van der Waals surface area (Å²) in [4.78, 5) is 4.66. The van der Waals surface area contributed by atoms with Crippen LogP contribution in [0.5, 0.6) is 0 Å². The highest BCUT2D eigenvalue weighted by molar-refractivity contribution is 5.95. The highest BCUT2D eigenvalue weighted by atomic mass is 15.1. The van der Waals surface area contributed by atoms with Gasteiger partial charge in [-0.3, -0.25) is 5.41 Å². The Morgan fingerprint density at radius 3 is 2.61 bits per heavy atom. The van der Waals surface area contributed by atoms with Crippen molar-refractivity contribution in [1.82, 2.24) is 9.80 Å². The molecule has 0 radical (unpaired) electrons. The number of benzene rings is 1. The van der Waals surface area contributed by atoms with Gasteiger partial charge in [-0.05, 0) is 64.4 Å². The van der Waals surface area contributed by atoms with E-state index in [0.29, 0.717) is 0 Å². The molecule has 4 nitrogen and oxygen atoms in total. The molecule has 0 spiro atoms. The second-order valence-electron chi connectivity index (χ2n) is 7.41. The van der Waals surface area contributed by atoms with Crippen LogP contribution in [0.2, 0.25) is 0 Å². The lowest BCUT2D eigenvalue weighted by atomic mass is 10.1. The third-order valence-electron chi connectivity index (χ3n) is 4.80. The first-order valence-corrected chi connectivity index (χ1v) is 10.2. The molecule has 0 aliphatic heterocycles. The molecule has 1 rings (SSSR count). The van der Waals surface area contributed by atoms with Crippen molar-refractivity contribution in [3.8, 4) is 0 Å². The molecule has 0 aliphatic rings. The SMILES string of the molecule is C/C=C(\C)C/C=C\C(=C/CC)N(C)CCCN(C)Cc1cccc(C(=N)N)c1. The Balaban J connectivity index is 2.50. The molecule has 4 heteroatoms. The van der Waals surface area contributed by atoms with Crippen LogP contribution < -0.4 is 5.73 Å². The Bertz CT molecular complexity index is 700. The molecule has 0 saturated heterocycles. The van der Waals surface area contributed by atoms with Gasteiger partial charge in [0.25, 0.3) is 0 Å². The van der Waals surface area contributed by atoms with Crippen molar-refractivity contribution in [3.63, 3.8) is 0 Å². The summed E-state index contributed by atoms with van der Waals surface area (Å²) in [6, 6.07) is 7.95. The number of nitrogens with one attached hydrogen (secondary N) is 1. The Labute approximate surface area is 171 Å². The summed E-state index contributed by atoms with van der Waals surface area (Å²) in [6.45, 7) is 9.35. The lowest BCUT2D eigenvalue weighted by molar-refractivity contribution is 0.298. The summed E-state index contributed by atoms with van der Waals surface area (Å²) in [5.41, 5.74) is 10.3. The van der Waals surface area contributed by atoms with Crippen LogP contribution in [0.3, 0.4) is 0 Å². The molecule has 0 fully saturated rings. The third-order valence-corrected chi connectivity index (χ3v) is 4.80. The standard InChI is InChI=1S/C24H38N4/c1-6-11-23(15-8-12-20(3)7-2)28(5)17-10-16-27(4)19-21-13-9-14-22(18-21)24(25)26/h7-9,11,13-15,18H,6,10,12,16-17,19H2,1-5H3,(H3,25,26)/b15-8-,20-7+,23-11+. The van der Waals surface area contributed by atoms with Gasteiger partial charge < -0.3 is 15.5 Å². The van der Waals surface area contributed by atoms with E-state index in [1.165, 1.54) is 16.8 Å². The van der Waals surface area contributed by atoms with Crippen LogP contribution in [0, 0.1) is 5.41 Å². The van der Waals surface area contributed by atoms with E-state index in [0.717, 1.165) is 44.5 Å². The van der Waals surface area contributed by atoms with Gasteiger partial charge in [0.15, 0.2) is 0 Å². The Hall–Kier alpha value is -2.33. The highest BCUT2D eigenvalue weighted by Crippen LogP contribution is 2.11. The Morgan fingerprint density at radius 2 is 1.96 bits per heavy atom. The van der Waals surface area contributed by atoms with E-state index < -0.39 is 0 Å². The molecular formula is C24H38N4. The number of amidine groups is 1. The molecule has 0 aliphatic carbocycles. The molecule has 0 amide bonds. The quantitative estimate of drug-likeness (QED) is 0.233. The molecular weight excluding hydrogens is 344 g/mol. The summed E-state index contributed by atoms with van der Waals surface area (Å²) in [5, 5.41) is 7.57. The van der Waals surface area contributed by atoms with Crippen molar-refractivity contribution < 1.29 is 0 Å². The maximum absolute atomic E-state index is 7.57. The average Bonchev–Trinajstić information content (AvgIpc) is 2.67. The first-order chi connectivity index (χ1) is 13.4. The van der Waals surface area contributed by atoms with Crippen molar-refractivity contribution in [2.24, 2.45) is 5.73 Å². The molecule has 0 unspecified atom stereocenters. The normalized spacial score (nSPS) is 12.8. The number of allylic oxidation sites excluding steroid dienone is 5. The van der Waals surface area contributed by atoms with Gasteiger partial charge in [-0.15, -0.1) is 0 Å². The maximum Gasteiger partial charge on any atom is 0.122 e. The van der Waals surface area contributed by atoms with E-state index in [2.05, 4.69) is 75.0 Å². The van der Waals surface area contributed by atoms with Crippen molar-refractivity contribution in [1.29, 1.82) is 5.41 Å². The summed E-state index contributed by atoms with van der Waals surface area (Å²) < 4.78 is 0. The van der Waals surface area contributed by atoms with E-state index in [1.54, 1.807) is 0 Å². The van der Waals surface area contributed by atoms with Crippen LogP contribution in [0.25, 0.3) is 0 Å². The van der Waals surface area contributed by atoms with Crippen molar-refractivity contribution >= 4 is 5.84 Å². The summed E-state index contributed by atoms with van der Waals surface area (Å²) in [6.07, 6.45) is 12.1. The molecule has 0 heterocycles. The molecule has 1 aromatic rings. The Morgan fingerprint density at radius 1 is 1.21 bits per heavy atom. The fourth-order valence-corrected chi connectivity index (χ4v) is 2.98. The van der Waals surface area contributed by atoms with Gasteiger partial charge in [-0.1, -0.05) is 48.9 Å². The average molecular weight is 383 g/mol. The summed E-state index contributed by atoms with van der Waals surface area (Å²) >= 11 is 0. The number of nitrogens with zero attached hydrogens (tertiary/aromatic N) is 2. The van der Waals surface area contributed by atoms with Gasteiger partial charge in [0.05, 0.1) is 0 Å². The highest BCUT2D eigenvalue weighted by Gasteiger charge is 2.05. The van der Waals surface area contributed by atoms with Crippen molar-refractivity contribution in [3.05, 3.63) is 71.0 Å². The minimum atomic E-state index is 0.124. The van der Waals surface area contributed by atoms with E-state index in [9.17, 15) is 0 Å². The van der Waals surface area contributed by atoms with Gasteiger partial charge in [-0.2, -0.15) is 0 Å². The lowest BCUT2D eigenvalue weighted by Gasteiger charge is -2.23. The van der Waals surface area contributed by atoms with Crippen LogP contribution >= 0.6 is 0 Å². The number of nitrogens with two attached hydrogens (primary N) is 1. The molecule has 0 saturated carbocycles. The fourth-order valence-electron chi connectivity index (χ4n) is 2.98. The van der Waals surface area contributed by atoms with Crippen LogP contribution in [0.15, 0.2) is 59.8 Å². The Kier molecular flexibility index (Phi) is 11.0. The molecule has 0 aromatic heterocycles. The monoisotopic (exact) mass is 382 g/mol. The first kappa shape index (κ1) is 23.7. The zero-order valence-corrected chi connectivity index (χ0v) is 18.3. The number of likely N-dealkylation sites (N-methyl/N-ethyl adjacent to an activating group) is 1. The molecule has 28 heavy (non-hydrogen) atoms. The van der Waals surface area contributed by atoms with Gasteiger partial charge in [-0.25, -0.2) is 0 Å². The second-order valence-corrected chi connectivity index (χ2v) is 7.41. The first-order valence-electron chi connectivity index (χ1n) is 10.2. The summed E-state index contributed by atoms with van der Waals surface area (Å²) in [5.74, 6) is 0.124. The zero-order valence-electron chi connectivity index (χ0n) is 18.3. The number of hydrogen-bond donors (Lipinski definition) is 2. The predicted molar refractivity (Wildman–Crippen MR) is 123 cm³/mol. The van der Waals surface area contributed by atoms with E-state index in [4.69, 9.17) is 11.1 Å². The van der Waals surface area contributed by atoms with Crippen molar-refractivity contribution in [2.75, 3.05) is 27.2 Å². The molecule has 154 valence electrons. The van der Waals surface area contributed by atoms with Crippen LogP contribution in [-0.2, 0) is 6.54 Å². The van der Waals surface area contributed by atoms with Crippen LogP contribution in [-0.4, -0.2) is 42.8 Å². The maximum atomic E-state index is 7.57. The minimum Gasteiger partial charge on any atom is -0.384 e. The van der Waals surface area contributed by atoms with Crippen molar-refractivity contribution in [2.45, 2.75) is 46.6 Å². The lowest BCUT2D eigenvalue weighted by Crippen LogP contribution is -2.25. The smallest absolute Gasteiger partial charge is 0.122 e. The molecule has 0 atom stereocenters. The van der Waals surface area contributed by atoms with E-state index >= 15 is 0 Å². The predicted octanol–water partition coefficient (Wildman–Crippen LogP) is 4.93. The molecule has 0 bridgehead atoms. The number of hydrogen-bond acceptors (Lipinski definition) is 3. The van der Waals surface area contributed by atoms with Gasteiger partial charge in [0.2, 0.25) is 0 Å². The fraction of sp³-hybridized carbons (Fsp3) is 0.458. The number of nitrogen functional groups attached to an aromatic ring is 1. The van der Waals surface area contributed by atoms with Gasteiger partial charge in [0, 0.05) is 31.4 Å². The van der Waals surface area contributed by atoms with E-state index in [-0.39, 0.29) is 5.84 Å². The second kappa shape index (κ2) is 12.9. The third kappa shape index (κ3) is 9.05. The topological polar surface area (TPSA) is 56.4 Å². The van der Waals surface area contributed by atoms with Gasteiger partial charge in [0.1, 0.15) is 5.84 Å². The molecule has 3 N–H and O–H groups in total. The minimum absolute atomic E-state index is 0.124. The summed E-state index contributed by atoms with van der Waals surface area (Å²) in [7, 11) is 4.31. The van der Waals surface area contributed by atoms with Crippen LogP contribution in [0.4, 0.5) is 0 Å². The van der Waals surface area contributed by atoms with E-state index in [1.807, 2.05) is 18.2 Å². The van der Waals surface area contributed by atoms with Crippen LogP contribution in [0.1, 0.15) is 51.2 Å².